The van der Waals surface area contributed by atoms with E-state index in [0.29, 0.717) is 22.2 Å². The smallest absolute Gasteiger partial charge is 0.378 e. The van der Waals surface area contributed by atoms with E-state index in [1.54, 1.807) is 19.1 Å². The number of H-pyrrole nitrogens is 1. The SMILES string of the molecule is Cc1cc(C(=N)SC(N)=Nc2cn[nH]c2)nc2c(C(F)(F)F)cc(C3CC3)cc12. The second kappa shape index (κ2) is 7.18. The first kappa shape index (κ1) is 19.4. The van der Waals surface area contributed by atoms with E-state index in [4.69, 9.17) is 11.1 Å². The van der Waals surface area contributed by atoms with Crippen LogP contribution in [0, 0.1) is 12.3 Å². The Labute approximate surface area is 168 Å². The van der Waals surface area contributed by atoms with Gasteiger partial charge >= 0.3 is 6.18 Å². The molecule has 1 saturated carbocycles. The highest BCUT2D eigenvalue weighted by molar-refractivity contribution is 8.26. The van der Waals surface area contributed by atoms with Crippen molar-refractivity contribution in [1.82, 2.24) is 15.2 Å². The van der Waals surface area contributed by atoms with Crippen LogP contribution in [0.3, 0.4) is 0 Å². The van der Waals surface area contributed by atoms with Gasteiger partial charge in [-0.15, -0.1) is 0 Å². The third kappa shape index (κ3) is 4.12. The second-order valence-electron chi connectivity index (χ2n) is 6.90. The van der Waals surface area contributed by atoms with Gasteiger partial charge in [0, 0.05) is 11.6 Å². The molecule has 6 nitrogen and oxygen atoms in total. The topological polar surface area (TPSA) is 104 Å². The van der Waals surface area contributed by atoms with Gasteiger partial charge in [-0.05, 0) is 66.8 Å². The molecule has 1 fully saturated rings. The highest BCUT2D eigenvalue weighted by Gasteiger charge is 2.36. The van der Waals surface area contributed by atoms with Crippen molar-refractivity contribution in [2.24, 2.45) is 10.7 Å². The lowest BCUT2D eigenvalue weighted by molar-refractivity contribution is -0.136. The number of benzene rings is 1. The number of hydrogen-bond acceptors (Lipinski definition) is 5. The summed E-state index contributed by atoms with van der Waals surface area (Å²) in [6.45, 7) is 1.73. The van der Waals surface area contributed by atoms with Crippen LogP contribution in [0.5, 0.6) is 0 Å². The van der Waals surface area contributed by atoms with Crippen LogP contribution in [-0.4, -0.2) is 25.4 Å². The Morgan fingerprint density at radius 3 is 2.69 bits per heavy atom. The average molecular weight is 418 g/mol. The van der Waals surface area contributed by atoms with Gasteiger partial charge < -0.3 is 5.73 Å². The number of fused-ring (bicyclic) bond motifs is 1. The number of rotatable bonds is 3. The van der Waals surface area contributed by atoms with Crippen LogP contribution in [0.4, 0.5) is 18.9 Å². The van der Waals surface area contributed by atoms with Crippen LogP contribution in [0.2, 0.25) is 0 Å². The summed E-state index contributed by atoms with van der Waals surface area (Å²) >= 11 is 0.825. The molecule has 0 spiro atoms. The van der Waals surface area contributed by atoms with Gasteiger partial charge in [-0.3, -0.25) is 10.5 Å². The maximum absolute atomic E-state index is 13.7. The molecular formula is C19H17F3N6S. The first-order valence-corrected chi connectivity index (χ1v) is 9.66. The van der Waals surface area contributed by atoms with Crippen LogP contribution < -0.4 is 5.73 Å². The summed E-state index contributed by atoms with van der Waals surface area (Å²) in [6.07, 6.45) is 0.275. The number of aromatic amines is 1. The molecule has 4 rings (SSSR count). The molecule has 1 aliphatic rings. The van der Waals surface area contributed by atoms with E-state index in [-0.39, 0.29) is 27.3 Å². The van der Waals surface area contributed by atoms with Crippen LogP contribution in [-0.2, 0) is 6.18 Å². The van der Waals surface area contributed by atoms with Crippen molar-refractivity contribution in [2.45, 2.75) is 31.9 Å². The number of halogens is 3. The summed E-state index contributed by atoms with van der Waals surface area (Å²) in [6, 6.07) is 4.60. The Bertz CT molecular complexity index is 1120. The molecule has 0 unspecified atom stereocenters. The lowest BCUT2D eigenvalue weighted by Gasteiger charge is -2.15. The molecule has 29 heavy (non-hydrogen) atoms. The first-order valence-electron chi connectivity index (χ1n) is 8.84. The van der Waals surface area contributed by atoms with Gasteiger partial charge in [0.25, 0.3) is 0 Å². The molecule has 0 atom stereocenters. The zero-order valence-corrected chi connectivity index (χ0v) is 16.2. The molecule has 4 N–H and O–H groups in total. The number of hydrogen-bond donors (Lipinski definition) is 3. The van der Waals surface area contributed by atoms with Crippen molar-refractivity contribution in [3.63, 3.8) is 0 Å². The van der Waals surface area contributed by atoms with Crippen molar-refractivity contribution in [2.75, 3.05) is 0 Å². The normalized spacial score (nSPS) is 15.1. The van der Waals surface area contributed by atoms with Gasteiger partial charge in [-0.25, -0.2) is 9.98 Å². The molecule has 0 radical (unpaired) electrons. The Balaban J connectivity index is 1.74. The average Bonchev–Trinajstić information content (AvgIpc) is 3.37. The van der Waals surface area contributed by atoms with Gasteiger partial charge in [0.05, 0.1) is 23.0 Å². The number of nitrogens with two attached hydrogens (primary N) is 1. The van der Waals surface area contributed by atoms with Gasteiger partial charge in [0.1, 0.15) is 10.7 Å². The van der Waals surface area contributed by atoms with Gasteiger partial charge in [0.2, 0.25) is 0 Å². The molecule has 1 aliphatic carbocycles. The predicted molar refractivity (Wildman–Crippen MR) is 108 cm³/mol. The number of aliphatic imine (C=N–C) groups is 1. The van der Waals surface area contributed by atoms with Gasteiger partial charge in [-0.2, -0.15) is 18.3 Å². The monoisotopic (exact) mass is 418 g/mol. The number of aryl methyl sites for hydroxylation is 1. The van der Waals surface area contributed by atoms with Crippen molar-refractivity contribution in [1.29, 1.82) is 5.41 Å². The van der Waals surface area contributed by atoms with Crippen LogP contribution in [0.25, 0.3) is 10.9 Å². The summed E-state index contributed by atoms with van der Waals surface area (Å²) in [4.78, 5) is 8.26. The summed E-state index contributed by atoms with van der Waals surface area (Å²) < 4.78 is 41.2. The minimum Gasteiger partial charge on any atom is -0.378 e. The van der Waals surface area contributed by atoms with Crippen LogP contribution in [0.15, 0.2) is 35.6 Å². The fourth-order valence-corrected chi connectivity index (χ4v) is 3.68. The Morgan fingerprint density at radius 2 is 2.07 bits per heavy atom. The third-order valence-corrected chi connectivity index (χ3v) is 5.37. The van der Waals surface area contributed by atoms with Crippen LogP contribution >= 0.6 is 11.8 Å². The van der Waals surface area contributed by atoms with Crippen molar-refractivity contribution >= 4 is 38.6 Å². The molecular weight excluding hydrogens is 401 g/mol. The first-order chi connectivity index (χ1) is 13.7. The number of nitrogens with zero attached hydrogens (tertiary/aromatic N) is 3. The molecule has 0 saturated heterocycles. The molecule has 3 aromatic rings. The van der Waals surface area contributed by atoms with Gasteiger partial charge in [0.15, 0.2) is 5.17 Å². The number of aromatic nitrogens is 3. The molecule has 2 aromatic heterocycles. The predicted octanol–water partition coefficient (Wildman–Crippen LogP) is 4.87. The largest absolute Gasteiger partial charge is 0.418 e. The number of amidine groups is 1. The highest BCUT2D eigenvalue weighted by atomic mass is 32.2. The van der Waals surface area contributed by atoms with Gasteiger partial charge in [-0.1, -0.05) is 0 Å². The quantitative estimate of drug-likeness (QED) is 0.417. The van der Waals surface area contributed by atoms with E-state index in [1.165, 1.54) is 18.5 Å². The molecule has 150 valence electrons. The molecule has 0 bridgehead atoms. The van der Waals surface area contributed by atoms with Crippen LogP contribution in [0.1, 0.15) is 41.1 Å². The number of nitrogens with one attached hydrogen (secondary N) is 2. The highest BCUT2D eigenvalue weighted by Crippen LogP contribution is 2.44. The Morgan fingerprint density at radius 1 is 1.31 bits per heavy atom. The fourth-order valence-electron chi connectivity index (χ4n) is 3.11. The lowest BCUT2D eigenvalue weighted by Crippen LogP contribution is -2.13. The molecule has 0 aliphatic heterocycles. The van der Waals surface area contributed by atoms with E-state index >= 15 is 0 Å². The molecule has 2 heterocycles. The second-order valence-corrected chi connectivity index (χ2v) is 7.93. The molecule has 1 aromatic carbocycles. The van der Waals surface area contributed by atoms with Crippen molar-refractivity contribution < 1.29 is 13.2 Å². The maximum Gasteiger partial charge on any atom is 0.418 e. The van der Waals surface area contributed by atoms with E-state index < -0.39 is 11.7 Å². The zero-order valence-electron chi connectivity index (χ0n) is 15.3. The lowest BCUT2D eigenvalue weighted by atomic mass is 9.98. The summed E-state index contributed by atoms with van der Waals surface area (Å²) in [5, 5.41) is 15.0. The molecule has 0 amide bonds. The minimum absolute atomic E-state index is 0.0658. The van der Waals surface area contributed by atoms with Crippen molar-refractivity contribution in [3.05, 3.63) is 53.0 Å². The maximum atomic E-state index is 13.7. The minimum atomic E-state index is -4.53. The Hall–Kier alpha value is -2.88. The van der Waals surface area contributed by atoms with E-state index in [1.807, 2.05) is 0 Å². The standard InChI is InChI=1S/C19H17F3N6S/c1-9-4-15(17(23)29-18(24)27-12-7-25-26-8-12)28-16-13(9)5-11(10-2-3-10)6-14(16)19(20,21)22/h4-8,10,23H,2-3H2,1H3,(H2,24,27)(H,25,26). The van der Waals surface area contributed by atoms with E-state index in [2.05, 4.69) is 20.2 Å². The van der Waals surface area contributed by atoms with Crippen molar-refractivity contribution in [3.8, 4) is 0 Å². The number of pyridine rings is 1. The van der Waals surface area contributed by atoms with E-state index in [9.17, 15) is 13.2 Å². The Kier molecular flexibility index (Phi) is 4.81. The zero-order chi connectivity index (χ0) is 20.8. The summed E-state index contributed by atoms with van der Waals surface area (Å²) in [5.41, 5.74) is 6.86. The fraction of sp³-hybridized carbons (Fsp3) is 0.263. The number of alkyl halides is 3. The number of thioether (sulfide) groups is 1. The summed E-state index contributed by atoms with van der Waals surface area (Å²) in [7, 11) is 0. The molecule has 10 heteroatoms. The van der Waals surface area contributed by atoms with E-state index in [0.717, 1.165) is 24.6 Å². The third-order valence-electron chi connectivity index (χ3n) is 4.66. The summed E-state index contributed by atoms with van der Waals surface area (Å²) in [5.74, 6) is 0.187.